The summed E-state index contributed by atoms with van der Waals surface area (Å²) in [6.45, 7) is 2.00. The van der Waals surface area contributed by atoms with Crippen LogP contribution in [0.2, 0.25) is 0 Å². The van der Waals surface area contributed by atoms with Gasteiger partial charge < -0.3 is 4.18 Å². The van der Waals surface area contributed by atoms with Gasteiger partial charge in [-0.1, -0.05) is 6.92 Å². The predicted octanol–water partition coefficient (Wildman–Crippen LogP) is 3.42. The summed E-state index contributed by atoms with van der Waals surface area (Å²) in [5, 5.41) is 0. The summed E-state index contributed by atoms with van der Waals surface area (Å²) in [4.78, 5) is 0.841. The highest BCUT2D eigenvalue weighted by Crippen LogP contribution is 2.28. The molecule has 0 aromatic heterocycles. The lowest BCUT2D eigenvalue weighted by molar-refractivity contribution is -0.0500. The van der Waals surface area contributed by atoms with Crippen molar-refractivity contribution in [2.45, 2.75) is 23.7 Å². The van der Waals surface area contributed by atoms with Crippen LogP contribution in [0.5, 0.6) is 5.75 Å². The highest BCUT2D eigenvalue weighted by Gasteiger charge is 2.48. The first-order valence-corrected chi connectivity index (χ1v) is 7.39. The van der Waals surface area contributed by atoms with Crippen molar-refractivity contribution in [1.82, 2.24) is 0 Å². The summed E-state index contributed by atoms with van der Waals surface area (Å²) in [5.41, 5.74) is -5.41. The smallest absolute Gasteiger partial charge is 0.376 e. The van der Waals surface area contributed by atoms with Crippen molar-refractivity contribution in [3.63, 3.8) is 0 Å². The van der Waals surface area contributed by atoms with Gasteiger partial charge in [-0.25, -0.2) is 0 Å². The highest BCUT2D eigenvalue weighted by molar-refractivity contribution is 7.99. The molecule has 1 rings (SSSR count). The maximum Gasteiger partial charge on any atom is 0.534 e. The summed E-state index contributed by atoms with van der Waals surface area (Å²) in [5.74, 6) is 0.523. The van der Waals surface area contributed by atoms with Crippen LogP contribution >= 0.6 is 11.8 Å². The second-order valence-electron chi connectivity index (χ2n) is 3.30. The van der Waals surface area contributed by atoms with E-state index >= 15 is 0 Å². The van der Waals surface area contributed by atoms with Gasteiger partial charge in [0.15, 0.2) is 0 Å². The van der Waals surface area contributed by atoms with E-state index in [9.17, 15) is 21.6 Å². The Hall–Kier alpha value is -0.890. The van der Waals surface area contributed by atoms with E-state index in [0.717, 1.165) is 17.1 Å². The third-order valence-corrected chi connectivity index (χ3v) is 3.98. The minimum atomic E-state index is -5.59. The Bertz CT molecular complexity index is 480. The first-order chi connectivity index (χ1) is 8.26. The topological polar surface area (TPSA) is 43.4 Å². The van der Waals surface area contributed by atoms with Gasteiger partial charge in [-0.15, -0.1) is 11.8 Å². The van der Waals surface area contributed by atoms with E-state index in [1.807, 2.05) is 6.92 Å². The van der Waals surface area contributed by atoms with Crippen LogP contribution in [0.25, 0.3) is 0 Å². The van der Waals surface area contributed by atoms with Gasteiger partial charge >= 0.3 is 15.6 Å². The molecule has 0 bridgehead atoms. The van der Waals surface area contributed by atoms with Crippen LogP contribution in [0.4, 0.5) is 13.2 Å². The fourth-order valence-corrected chi connectivity index (χ4v) is 2.21. The quantitative estimate of drug-likeness (QED) is 0.475. The van der Waals surface area contributed by atoms with Crippen LogP contribution in [0.3, 0.4) is 0 Å². The van der Waals surface area contributed by atoms with Gasteiger partial charge in [0, 0.05) is 4.90 Å². The Balaban J connectivity index is 2.76. The van der Waals surface area contributed by atoms with Crippen molar-refractivity contribution in [2.24, 2.45) is 0 Å². The fraction of sp³-hybridized carbons (Fsp3) is 0.400. The molecule has 0 fully saturated rings. The summed E-state index contributed by atoms with van der Waals surface area (Å²) in [7, 11) is -5.59. The van der Waals surface area contributed by atoms with Crippen molar-refractivity contribution < 1.29 is 25.8 Å². The maximum absolute atomic E-state index is 12.0. The SMILES string of the molecule is CCCSc1ccc(OS(=O)(=O)C(F)(F)F)cc1. The molecule has 0 heterocycles. The second-order valence-corrected chi connectivity index (χ2v) is 6.01. The van der Waals surface area contributed by atoms with Crippen LogP contribution in [0.15, 0.2) is 29.2 Å². The molecule has 8 heteroatoms. The number of hydrogen-bond donors (Lipinski definition) is 0. The molecule has 0 spiro atoms. The van der Waals surface area contributed by atoms with Gasteiger partial charge in [0.1, 0.15) is 5.75 Å². The molecule has 0 atom stereocenters. The normalized spacial score (nSPS) is 12.4. The van der Waals surface area contributed by atoms with Crippen LogP contribution in [0, 0.1) is 0 Å². The lowest BCUT2D eigenvalue weighted by atomic mass is 10.3. The van der Waals surface area contributed by atoms with E-state index < -0.39 is 15.6 Å². The van der Waals surface area contributed by atoms with Crippen molar-refractivity contribution in [2.75, 3.05) is 5.75 Å². The molecular formula is C10H11F3O3S2. The van der Waals surface area contributed by atoms with Gasteiger partial charge in [0.2, 0.25) is 0 Å². The first kappa shape index (κ1) is 15.2. The molecule has 102 valence electrons. The summed E-state index contributed by atoms with van der Waals surface area (Å²) in [6, 6.07) is 5.42. The summed E-state index contributed by atoms with van der Waals surface area (Å²) < 4.78 is 61.6. The summed E-state index contributed by atoms with van der Waals surface area (Å²) >= 11 is 1.53. The Labute approximate surface area is 107 Å². The molecule has 0 aliphatic heterocycles. The van der Waals surface area contributed by atoms with Crippen molar-refractivity contribution >= 4 is 21.9 Å². The number of benzene rings is 1. The third-order valence-electron chi connectivity index (χ3n) is 1.79. The fourth-order valence-electron chi connectivity index (χ4n) is 0.985. The molecule has 0 amide bonds. The van der Waals surface area contributed by atoms with E-state index in [0.29, 0.717) is 0 Å². The molecule has 1 aromatic rings. The van der Waals surface area contributed by atoms with Gasteiger partial charge in [0.25, 0.3) is 0 Å². The lowest BCUT2D eigenvalue weighted by Crippen LogP contribution is -2.27. The zero-order valence-electron chi connectivity index (χ0n) is 9.40. The molecule has 1 aromatic carbocycles. The molecule has 0 unspecified atom stereocenters. The molecule has 18 heavy (non-hydrogen) atoms. The van der Waals surface area contributed by atoms with Crippen molar-refractivity contribution in [1.29, 1.82) is 0 Å². The minimum Gasteiger partial charge on any atom is -0.376 e. The van der Waals surface area contributed by atoms with Crippen molar-refractivity contribution in [3.05, 3.63) is 24.3 Å². The van der Waals surface area contributed by atoms with Crippen molar-refractivity contribution in [3.8, 4) is 5.75 Å². The standard InChI is InChI=1S/C10H11F3O3S2/c1-2-7-17-9-5-3-8(4-6-9)16-18(14,15)10(11,12)13/h3-6H,2,7H2,1H3. The maximum atomic E-state index is 12.0. The average Bonchev–Trinajstić information content (AvgIpc) is 2.26. The van der Waals surface area contributed by atoms with Crippen LogP contribution in [-0.4, -0.2) is 19.7 Å². The zero-order valence-corrected chi connectivity index (χ0v) is 11.0. The number of hydrogen-bond acceptors (Lipinski definition) is 4. The van der Waals surface area contributed by atoms with E-state index in [1.54, 1.807) is 0 Å². The molecule has 0 N–H and O–H groups in total. The Morgan fingerprint density at radius 2 is 1.78 bits per heavy atom. The van der Waals surface area contributed by atoms with E-state index in [4.69, 9.17) is 0 Å². The molecule has 0 radical (unpaired) electrons. The number of halogens is 3. The Morgan fingerprint density at radius 3 is 2.22 bits per heavy atom. The van der Waals surface area contributed by atoms with Gasteiger partial charge in [-0.2, -0.15) is 21.6 Å². The van der Waals surface area contributed by atoms with Crippen LogP contribution < -0.4 is 4.18 Å². The average molecular weight is 300 g/mol. The monoisotopic (exact) mass is 300 g/mol. The first-order valence-electron chi connectivity index (χ1n) is 5.00. The molecular weight excluding hydrogens is 289 g/mol. The third kappa shape index (κ3) is 4.09. The molecule has 0 saturated carbocycles. The van der Waals surface area contributed by atoms with Gasteiger partial charge in [-0.3, -0.25) is 0 Å². The van der Waals surface area contributed by atoms with Gasteiger partial charge in [-0.05, 0) is 36.4 Å². The zero-order chi connectivity index (χ0) is 13.8. The Morgan fingerprint density at radius 1 is 1.22 bits per heavy atom. The lowest BCUT2D eigenvalue weighted by Gasteiger charge is -2.09. The number of alkyl halides is 3. The van der Waals surface area contributed by atoms with Crippen LogP contribution in [0.1, 0.15) is 13.3 Å². The molecule has 3 nitrogen and oxygen atoms in total. The van der Waals surface area contributed by atoms with Gasteiger partial charge in [0.05, 0.1) is 0 Å². The number of thioether (sulfide) groups is 1. The largest absolute Gasteiger partial charge is 0.534 e. The second kappa shape index (κ2) is 5.83. The Kier molecular flexibility index (Phi) is 4.92. The minimum absolute atomic E-state index is 0.354. The highest BCUT2D eigenvalue weighted by atomic mass is 32.2. The number of rotatable bonds is 5. The van der Waals surface area contributed by atoms with Crippen LogP contribution in [-0.2, 0) is 10.1 Å². The van der Waals surface area contributed by atoms with E-state index in [2.05, 4.69) is 4.18 Å². The molecule has 0 aliphatic rings. The molecule has 0 saturated heterocycles. The molecule has 0 aliphatic carbocycles. The van der Waals surface area contributed by atoms with E-state index in [-0.39, 0.29) is 5.75 Å². The summed E-state index contributed by atoms with van der Waals surface area (Å²) in [6.07, 6.45) is 0.964. The van der Waals surface area contributed by atoms with E-state index in [1.165, 1.54) is 36.0 Å². The predicted molar refractivity (Wildman–Crippen MR) is 63.1 cm³/mol.